The lowest BCUT2D eigenvalue weighted by Crippen LogP contribution is -2.28. The molecule has 0 saturated carbocycles. The van der Waals surface area contributed by atoms with E-state index in [4.69, 9.17) is 19.4 Å². The standard InChI is InChI=1S/C34H35N7O4/c1-4-5-17-45-34(43)25-8-6-7-9-30(25)44-18-15-36-33(42)23-10-12-27-29(19-23)40(3)32(39-27)22(2)31-37-26-13-11-24(20-28(26)38-31)41-16-14-35-21-41/h6-14,16,19-22H,4-5,15,17-18H2,1-3H3,(H,36,42)(H,37,38). The van der Waals surface area contributed by atoms with E-state index in [-0.39, 0.29) is 25.0 Å². The van der Waals surface area contributed by atoms with Crippen molar-refractivity contribution in [3.05, 3.63) is 102 Å². The first-order valence-corrected chi connectivity index (χ1v) is 15.0. The molecule has 3 heterocycles. The maximum atomic E-state index is 13.0. The number of amides is 1. The van der Waals surface area contributed by atoms with Crippen LogP contribution in [0.25, 0.3) is 27.8 Å². The van der Waals surface area contributed by atoms with Crippen molar-refractivity contribution in [2.75, 3.05) is 19.8 Å². The van der Waals surface area contributed by atoms with Gasteiger partial charge in [0.05, 0.1) is 47.5 Å². The summed E-state index contributed by atoms with van der Waals surface area (Å²) in [6, 6.07) is 18.5. The van der Waals surface area contributed by atoms with E-state index in [0.717, 1.165) is 52.2 Å². The number of fused-ring (bicyclic) bond motifs is 2. The van der Waals surface area contributed by atoms with Crippen molar-refractivity contribution in [1.82, 2.24) is 34.4 Å². The summed E-state index contributed by atoms with van der Waals surface area (Å²) in [5, 5.41) is 2.90. The summed E-state index contributed by atoms with van der Waals surface area (Å²) in [5.41, 5.74) is 5.32. The van der Waals surface area contributed by atoms with Gasteiger partial charge >= 0.3 is 5.97 Å². The lowest BCUT2D eigenvalue weighted by molar-refractivity contribution is 0.0494. The third-order valence-corrected chi connectivity index (χ3v) is 7.74. The van der Waals surface area contributed by atoms with Crippen LogP contribution in [0.3, 0.4) is 0 Å². The van der Waals surface area contributed by atoms with Crippen molar-refractivity contribution >= 4 is 33.9 Å². The molecule has 6 rings (SSSR count). The van der Waals surface area contributed by atoms with Gasteiger partial charge in [0.2, 0.25) is 0 Å². The number of aryl methyl sites for hydroxylation is 1. The van der Waals surface area contributed by atoms with Gasteiger partial charge < -0.3 is 28.9 Å². The van der Waals surface area contributed by atoms with Crippen LogP contribution in [0.15, 0.2) is 79.4 Å². The molecule has 2 N–H and O–H groups in total. The minimum absolute atomic E-state index is 0.118. The van der Waals surface area contributed by atoms with E-state index in [1.807, 2.05) is 59.6 Å². The third kappa shape index (κ3) is 6.28. The first kappa shape index (κ1) is 29.6. The summed E-state index contributed by atoms with van der Waals surface area (Å²) in [6.07, 6.45) is 7.16. The summed E-state index contributed by atoms with van der Waals surface area (Å²) in [6.45, 7) is 4.93. The number of rotatable bonds is 12. The molecule has 0 fully saturated rings. The Morgan fingerprint density at radius 1 is 1.02 bits per heavy atom. The Balaban J connectivity index is 1.11. The number of imidazole rings is 3. The Morgan fingerprint density at radius 2 is 1.87 bits per heavy atom. The molecule has 11 nitrogen and oxygen atoms in total. The lowest BCUT2D eigenvalue weighted by atomic mass is 10.1. The van der Waals surface area contributed by atoms with E-state index in [1.165, 1.54) is 0 Å². The molecule has 1 unspecified atom stereocenters. The number of ether oxygens (including phenoxy) is 2. The monoisotopic (exact) mass is 605 g/mol. The number of aromatic amines is 1. The molecule has 0 aliphatic carbocycles. The van der Waals surface area contributed by atoms with Crippen molar-refractivity contribution in [3.8, 4) is 11.4 Å². The highest BCUT2D eigenvalue weighted by atomic mass is 16.5. The van der Waals surface area contributed by atoms with Crippen molar-refractivity contribution in [2.45, 2.75) is 32.6 Å². The first-order chi connectivity index (χ1) is 21.9. The predicted octanol–water partition coefficient (Wildman–Crippen LogP) is 5.55. The molecule has 0 spiro atoms. The summed E-state index contributed by atoms with van der Waals surface area (Å²) >= 11 is 0. The minimum Gasteiger partial charge on any atom is -0.491 e. The number of para-hydroxylation sites is 1. The normalized spacial score (nSPS) is 12.0. The molecule has 0 radical (unpaired) electrons. The van der Waals surface area contributed by atoms with Crippen LogP contribution in [0.2, 0.25) is 0 Å². The summed E-state index contributed by atoms with van der Waals surface area (Å²) in [5.74, 6) is 1.30. The second-order valence-electron chi connectivity index (χ2n) is 10.8. The quantitative estimate of drug-likeness (QED) is 0.138. The molecule has 1 atom stereocenters. The van der Waals surface area contributed by atoms with Gasteiger partial charge in [0.25, 0.3) is 5.91 Å². The zero-order chi connectivity index (χ0) is 31.3. The van der Waals surface area contributed by atoms with Gasteiger partial charge in [-0.1, -0.05) is 25.5 Å². The molecule has 3 aromatic heterocycles. The van der Waals surface area contributed by atoms with E-state index < -0.39 is 5.97 Å². The van der Waals surface area contributed by atoms with Gasteiger partial charge in [-0.25, -0.2) is 19.7 Å². The van der Waals surface area contributed by atoms with E-state index in [9.17, 15) is 9.59 Å². The van der Waals surface area contributed by atoms with Crippen LogP contribution in [-0.4, -0.2) is 60.7 Å². The van der Waals surface area contributed by atoms with Crippen LogP contribution in [0, 0.1) is 0 Å². The number of nitrogens with one attached hydrogen (secondary N) is 2. The Morgan fingerprint density at radius 3 is 2.69 bits per heavy atom. The molecule has 0 aliphatic rings. The van der Waals surface area contributed by atoms with Gasteiger partial charge in [0.15, 0.2) is 0 Å². The summed E-state index contributed by atoms with van der Waals surface area (Å²) in [4.78, 5) is 42.7. The van der Waals surface area contributed by atoms with E-state index in [1.54, 1.807) is 42.9 Å². The van der Waals surface area contributed by atoms with Crippen LogP contribution in [0.5, 0.6) is 5.75 Å². The topological polar surface area (TPSA) is 129 Å². The van der Waals surface area contributed by atoms with E-state index in [2.05, 4.69) is 22.2 Å². The van der Waals surface area contributed by atoms with Gasteiger partial charge in [-0.2, -0.15) is 0 Å². The number of aromatic nitrogens is 6. The molecule has 3 aromatic carbocycles. The minimum atomic E-state index is -0.415. The zero-order valence-corrected chi connectivity index (χ0v) is 25.5. The van der Waals surface area contributed by atoms with Gasteiger partial charge in [0, 0.05) is 30.7 Å². The van der Waals surface area contributed by atoms with Gasteiger partial charge in [0.1, 0.15) is 29.6 Å². The number of hydrogen-bond acceptors (Lipinski definition) is 7. The van der Waals surface area contributed by atoms with Gasteiger partial charge in [-0.15, -0.1) is 0 Å². The second-order valence-corrected chi connectivity index (χ2v) is 10.8. The maximum absolute atomic E-state index is 13.0. The first-order valence-electron chi connectivity index (χ1n) is 15.0. The molecule has 0 bridgehead atoms. The highest BCUT2D eigenvalue weighted by Crippen LogP contribution is 2.28. The summed E-state index contributed by atoms with van der Waals surface area (Å²) < 4.78 is 15.1. The number of nitrogens with zero attached hydrogens (tertiary/aromatic N) is 5. The van der Waals surface area contributed by atoms with Crippen LogP contribution in [-0.2, 0) is 11.8 Å². The Bertz CT molecular complexity index is 1960. The molecule has 1 amide bonds. The smallest absolute Gasteiger partial charge is 0.341 e. The van der Waals surface area contributed by atoms with Crippen LogP contribution in [0.4, 0.5) is 0 Å². The average molecular weight is 606 g/mol. The molecule has 230 valence electrons. The van der Waals surface area contributed by atoms with Crippen LogP contribution < -0.4 is 10.1 Å². The third-order valence-electron chi connectivity index (χ3n) is 7.74. The molecular formula is C34H35N7O4. The fourth-order valence-electron chi connectivity index (χ4n) is 5.23. The number of esters is 1. The number of unbranched alkanes of at least 4 members (excludes halogenated alkanes) is 1. The molecule has 11 heteroatoms. The number of carbonyl (C=O) groups excluding carboxylic acids is 2. The highest BCUT2D eigenvalue weighted by molar-refractivity contribution is 5.97. The van der Waals surface area contributed by atoms with E-state index in [0.29, 0.717) is 23.5 Å². The molecule has 0 saturated heterocycles. The van der Waals surface area contributed by atoms with Crippen molar-refractivity contribution in [2.24, 2.45) is 7.05 Å². The maximum Gasteiger partial charge on any atom is 0.341 e. The van der Waals surface area contributed by atoms with Crippen LogP contribution in [0.1, 0.15) is 65.0 Å². The fourth-order valence-corrected chi connectivity index (χ4v) is 5.23. The number of benzene rings is 3. The highest BCUT2D eigenvalue weighted by Gasteiger charge is 2.21. The zero-order valence-electron chi connectivity index (χ0n) is 25.5. The summed E-state index contributed by atoms with van der Waals surface area (Å²) in [7, 11) is 1.95. The van der Waals surface area contributed by atoms with Crippen molar-refractivity contribution < 1.29 is 19.1 Å². The lowest BCUT2D eigenvalue weighted by Gasteiger charge is -2.12. The molecule has 6 aromatic rings. The number of carbonyl (C=O) groups is 2. The molecule has 45 heavy (non-hydrogen) atoms. The Hall–Kier alpha value is -5.45. The largest absolute Gasteiger partial charge is 0.491 e. The van der Waals surface area contributed by atoms with Crippen molar-refractivity contribution in [3.63, 3.8) is 0 Å². The van der Waals surface area contributed by atoms with Crippen LogP contribution >= 0.6 is 0 Å². The Kier molecular flexibility index (Phi) is 8.58. The fraction of sp³-hybridized carbons (Fsp3) is 0.265. The number of hydrogen-bond donors (Lipinski definition) is 2. The molecular weight excluding hydrogens is 570 g/mol. The van der Waals surface area contributed by atoms with Gasteiger partial charge in [-0.3, -0.25) is 4.79 Å². The van der Waals surface area contributed by atoms with Gasteiger partial charge in [-0.05, 0) is 61.9 Å². The Labute approximate surface area is 260 Å². The molecule has 0 aliphatic heterocycles. The SMILES string of the molecule is CCCCOC(=O)c1ccccc1OCCNC(=O)c1ccc2nc(C(C)c3nc4ccc(-n5ccnc5)cc4[nH]3)n(C)c2c1. The second kappa shape index (κ2) is 13.0. The van der Waals surface area contributed by atoms with E-state index >= 15 is 0 Å². The average Bonchev–Trinajstić information content (AvgIpc) is 3.82. The predicted molar refractivity (Wildman–Crippen MR) is 171 cm³/mol. The van der Waals surface area contributed by atoms with Crippen molar-refractivity contribution in [1.29, 1.82) is 0 Å². The number of H-pyrrole nitrogens is 1.